The van der Waals surface area contributed by atoms with Crippen molar-refractivity contribution >= 4 is 0 Å². The highest BCUT2D eigenvalue weighted by molar-refractivity contribution is 5.00. The molecule has 0 saturated carbocycles. The monoisotopic (exact) mass is 397 g/mol. The molecule has 0 N–H and O–H groups in total. The van der Waals surface area contributed by atoms with Crippen LogP contribution in [0.15, 0.2) is 48.8 Å². The molecule has 0 fully saturated rings. The maximum absolute atomic E-state index is 2.61. The highest BCUT2D eigenvalue weighted by Gasteiger charge is 2.16. The van der Waals surface area contributed by atoms with Crippen molar-refractivity contribution in [3.05, 3.63) is 60.2 Å². The third-order valence-electron chi connectivity index (χ3n) is 5.92. The minimum Gasteiger partial charge on any atom is -0.284 e. The first-order valence-corrected chi connectivity index (χ1v) is 11.8. The fourth-order valence-electron chi connectivity index (χ4n) is 3.94. The Bertz CT molecular complexity index is 636. The van der Waals surface area contributed by atoms with E-state index in [1.807, 2.05) is 0 Å². The van der Waals surface area contributed by atoms with Crippen LogP contribution < -0.4 is 9.13 Å². The molecular formula is C26H43N3+2. The average Bonchev–Trinajstić information content (AvgIpc) is 2.72. The van der Waals surface area contributed by atoms with Gasteiger partial charge in [0.05, 0.1) is 13.1 Å². The quantitative estimate of drug-likeness (QED) is 0.295. The normalized spacial score (nSPS) is 11.3. The summed E-state index contributed by atoms with van der Waals surface area (Å²) in [5.74, 6) is 0. The molecule has 0 radical (unpaired) electrons. The number of unbranched alkanes of at least 4 members (excludes halogenated alkanes) is 9. The molecule has 160 valence electrons. The van der Waals surface area contributed by atoms with Gasteiger partial charge in [0.1, 0.15) is 14.1 Å². The molecule has 0 bridgehead atoms. The molecule has 2 heterocycles. The van der Waals surface area contributed by atoms with Crippen LogP contribution in [0, 0.1) is 0 Å². The Labute approximate surface area is 179 Å². The predicted molar refractivity (Wildman–Crippen MR) is 121 cm³/mol. The average molecular weight is 398 g/mol. The van der Waals surface area contributed by atoms with E-state index in [0.29, 0.717) is 0 Å². The first-order chi connectivity index (χ1) is 14.2. The van der Waals surface area contributed by atoms with E-state index in [9.17, 15) is 0 Å². The maximum Gasteiger partial charge on any atom is 0.195 e. The summed E-state index contributed by atoms with van der Waals surface area (Å²) in [5, 5.41) is 0. The van der Waals surface area contributed by atoms with Gasteiger partial charge in [0.25, 0.3) is 0 Å². The molecule has 0 atom stereocenters. The minimum absolute atomic E-state index is 1.00. The Morgan fingerprint density at radius 2 is 1.07 bits per heavy atom. The topological polar surface area (TPSA) is 11.0 Å². The Kier molecular flexibility index (Phi) is 11.6. The molecule has 29 heavy (non-hydrogen) atoms. The number of pyridine rings is 2. The van der Waals surface area contributed by atoms with Gasteiger partial charge in [-0.1, -0.05) is 76.8 Å². The Balaban J connectivity index is 1.77. The molecule has 0 aromatic carbocycles. The van der Waals surface area contributed by atoms with Crippen LogP contribution in [0.5, 0.6) is 0 Å². The van der Waals surface area contributed by atoms with Gasteiger partial charge in [-0.25, -0.2) is 9.13 Å². The Morgan fingerprint density at radius 3 is 1.52 bits per heavy atom. The number of aryl methyl sites for hydroxylation is 2. The van der Waals surface area contributed by atoms with Gasteiger partial charge in [-0.3, -0.25) is 4.90 Å². The summed E-state index contributed by atoms with van der Waals surface area (Å²) in [6, 6.07) is 13.0. The SMILES string of the molecule is CCCCCCCCCCCCN(Cc1cccc[n+]1C)Cc1cccc[n+]1C. The van der Waals surface area contributed by atoms with E-state index in [1.165, 1.54) is 82.1 Å². The van der Waals surface area contributed by atoms with E-state index >= 15 is 0 Å². The molecular weight excluding hydrogens is 354 g/mol. The van der Waals surface area contributed by atoms with E-state index < -0.39 is 0 Å². The summed E-state index contributed by atoms with van der Waals surface area (Å²) in [4.78, 5) is 2.61. The Morgan fingerprint density at radius 1 is 0.621 bits per heavy atom. The highest BCUT2D eigenvalue weighted by Crippen LogP contribution is 2.12. The van der Waals surface area contributed by atoms with Crippen molar-refractivity contribution in [1.29, 1.82) is 0 Å². The summed E-state index contributed by atoms with van der Waals surface area (Å²) < 4.78 is 4.49. The van der Waals surface area contributed by atoms with Gasteiger partial charge < -0.3 is 0 Å². The van der Waals surface area contributed by atoms with Crippen molar-refractivity contribution in [2.45, 2.75) is 84.2 Å². The summed E-state index contributed by atoms with van der Waals surface area (Å²) in [6.07, 6.45) is 18.2. The van der Waals surface area contributed by atoms with Gasteiger partial charge in [0, 0.05) is 24.3 Å². The van der Waals surface area contributed by atoms with Gasteiger partial charge in [-0.2, -0.15) is 0 Å². The number of aromatic nitrogens is 2. The number of hydrogen-bond acceptors (Lipinski definition) is 1. The molecule has 0 saturated heterocycles. The largest absolute Gasteiger partial charge is 0.284 e. The van der Waals surface area contributed by atoms with Gasteiger partial charge in [0.2, 0.25) is 0 Å². The second-order valence-electron chi connectivity index (χ2n) is 8.50. The van der Waals surface area contributed by atoms with E-state index in [1.54, 1.807) is 0 Å². The molecule has 3 heteroatoms. The number of rotatable bonds is 15. The standard InChI is InChI=1S/C26H43N3/c1-4-5-6-7-8-9-10-11-12-15-22-29(23-25-18-13-16-20-27(25)2)24-26-19-14-17-21-28(26)3/h13-14,16-21H,4-12,15,22-24H2,1-3H3/q+2. The summed E-state index contributed by atoms with van der Waals surface area (Å²) >= 11 is 0. The fraction of sp³-hybridized carbons (Fsp3) is 0.615. The lowest BCUT2D eigenvalue weighted by molar-refractivity contribution is -0.682. The van der Waals surface area contributed by atoms with E-state index in [4.69, 9.17) is 0 Å². The molecule has 0 amide bonds. The van der Waals surface area contributed by atoms with Crippen molar-refractivity contribution in [2.24, 2.45) is 14.1 Å². The van der Waals surface area contributed by atoms with Crippen molar-refractivity contribution < 1.29 is 9.13 Å². The molecule has 2 aromatic heterocycles. The zero-order valence-electron chi connectivity index (χ0n) is 19.2. The second kappa shape index (κ2) is 14.3. The zero-order chi connectivity index (χ0) is 20.7. The minimum atomic E-state index is 1.00. The summed E-state index contributed by atoms with van der Waals surface area (Å²) in [7, 11) is 4.30. The van der Waals surface area contributed by atoms with Crippen LogP contribution in [0.4, 0.5) is 0 Å². The maximum atomic E-state index is 2.61. The van der Waals surface area contributed by atoms with Crippen LogP contribution >= 0.6 is 0 Å². The Hall–Kier alpha value is -1.74. The molecule has 0 unspecified atom stereocenters. The van der Waals surface area contributed by atoms with Crippen molar-refractivity contribution in [3.8, 4) is 0 Å². The first-order valence-electron chi connectivity index (χ1n) is 11.8. The first kappa shape index (κ1) is 23.5. The third kappa shape index (κ3) is 9.54. The van der Waals surface area contributed by atoms with Gasteiger partial charge in [-0.05, 0) is 13.0 Å². The molecule has 0 aliphatic carbocycles. The number of nitrogens with zero attached hydrogens (tertiary/aromatic N) is 3. The van der Waals surface area contributed by atoms with Crippen LogP contribution in [-0.4, -0.2) is 11.4 Å². The molecule has 3 nitrogen and oxygen atoms in total. The molecule has 0 spiro atoms. The van der Waals surface area contributed by atoms with Crippen LogP contribution in [0.1, 0.15) is 82.5 Å². The van der Waals surface area contributed by atoms with Crippen LogP contribution in [0.25, 0.3) is 0 Å². The van der Waals surface area contributed by atoms with Crippen molar-refractivity contribution in [3.63, 3.8) is 0 Å². The molecule has 0 aliphatic rings. The van der Waals surface area contributed by atoms with Crippen molar-refractivity contribution in [1.82, 2.24) is 4.90 Å². The predicted octanol–water partition coefficient (Wildman–Crippen LogP) is 5.26. The zero-order valence-corrected chi connectivity index (χ0v) is 19.2. The van der Waals surface area contributed by atoms with Gasteiger partial charge in [0.15, 0.2) is 23.8 Å². The molecule has 2 rings (SSSR count). The summed E-state index contributed by atoms with van der Waals surface area (Å²) in [6.45, 7) is 5.46. The second-order valence-corrected chi connectivity index (χ2v) is 8.50. The van der Waals surface area contributed by atoms with Gasteiger partial charge >= 0.3 is 0 Å². The molecule has 2 aromatic rings. The van der Waals surface area contributed by atoms with Crippen LogP contribution in [-0.2, 0) is 27.2 Å². The van der Waals surface area contributed by atoms with Gasteiger partial charge in [-0.15, -0.1) is 0 Å². The lowest BCUT2D eigenvalue weighted by Crippen LogP contribution is -2.40. The lowest BCUT2D eigenvalue weighted by Gasteiger charge is -2.20. The van der Waals surface area contributed by atoms with E-state index in [0.717, 1.165) is 13.1 Å². The fourth-order valence-corrected chi connectivity index (χ4v) is 3.94. The summed E-state index contributed by atoms with van der Waals surface area (Å²) in [5.41, 5.74) is 2.75. The number of hydrogen-bond donors (Lipinski definition) is 0. The van der Waals surface area contributed by atoms with E-state index in [-0.39, 0.29) is 0 Å². The van der Waals surface area contributed by atoms with Crippen LogP contribution in [0.2, 0.25) is 0 Å². The smallest absolute Gasteiger partial charge is 0.195 e. The highest BCUT2D eigenvalue weighted by atomic mass is 15.2. The van der Waals surface area contributed by atoms with Crippen molar-refractivity contribution in [2.75, 3.05) is 6.54 Å². The van der Waals surface area contributed by atoms with Crippen LogP contribution in [0.3, 0.4) is 0 Å². The molecule has 0 aliphatic heterocycles. The lowest BCUT2D eigenvalue weighted by atomic mass is 10.1. The van der Waals surface area contributed by atoms with E-state index in [2.05, 4.69) is 83.8 Å². The third-order valence-corrected chi connectivity index (χ3v) is 5.92.